The third kappa shape index (κ3) is 3.84. The van der Waals surface area contributed by atoms with Gasteiger partial charge in [0, 0.05) is 12.4 Å². The van der Waals surface area contributed by atoms with Crippen molar-refractivity contribution in [2.24, 2.45) is 0 Å². The van der Waals surface area contributed by atoms with Crippen molar-refractivity contribution in [1.29, 1.82) is 0 Å². The molecule has 0 saturated carbocycles. The second-order valence-corrected chi connectivity index (χ2v) is 4.35. The Hall–Kier alpha value is -2.30. The second kappa shape index (κ2) is 6.04. The Morgan fingerprint density at radius 2 is 2.21 bits per heavy atom. The van der Waals surface area contributed by atoms with Gasteiger partial charge in [-0.05, 0) is 37.1 Å². The highest BCUT2D eigenvalue weighted by molar-refractivity contribution is 5.77. The zero-order valence-electron chi connectivity index (χ0n) is 11.1. The second-order valence-electron chi connectivity index (χ2n) is 4.35. The van der Waals surface area contributed by atoms with Gasteiger partial charge in [-0.3, -0.25) is 4.79 Å². The number of carbonyl (C=O) groups excluding carboxylic acids is 1. The van der Waals surface area contributed by atoms with Crippen LogP contribution < -0.4 is 10.1 Å². The van der Waals surface area contributed by atoms with Crippen molar-refractivity contribution in [3.63, 3.8) is 0 Å². The Morgan fingerprint density at radius 3 is 2.89 bits per heavy atom. The number of hydrogen-bond acceptors (Lipinski definition) is 3. The summed E-state index contributed by atoms with van der Waals surface area (Å²) in [6.45, 7) is 4.43. The van der Waals surface area contributed by atoms with E-state index in [1.807, 2.05) is 32.0 Å². The van der Waals surface area contributed by atoms with Crippen LogP contribution in [0, 0.1) is 13.8 Å². The molecule has 5 heteroatoms. The Labute approximate surface area is 112 Å². The summed E-state index contributed by atoms with van der Waals surface area (Å²) in [6.07, 6.45) is 3.36. The van der Waals surface area contributed by atoms with Gasteiger partial charge in [0.15, 0.2) is 6.61 Å². The van der Waals surface area contributed by atoms with Crippen LogP contribution in [0.4, 0.5) is 0 Å². The molecule has 0 bridgehead atoms. The van der Waals surface area contributed by atoms with E-state index in [0.29, 0.717) is 12.3 Å². The lowest BCUT2D eigenvalue weighted by Crippen LogP contribution is -2.28. The first-order chi connectivity index (χ1) is 9.15. The lowest BCUT2D eigenvalue weighted by atomic mass is 10.1. The normalized spacial score (nSPS) is 10.2. The molecule has 0 aliphatic carbocycles. The molecule has 0 atom stereocenters. The number of ether oxygens (including phenoxy) is 1. The molecule has 100 valence electrons. The molecular weight excluding hydrogens is 242 g/mol. The summed E-state index contributed by atoms with van der Waals surface area (Å²) in [5, 5.41) is 2.72. The molecule has 0 saturated heterocycles. The predicted octanol–water partition coefficient (Wildman–Crippen LogP) is 1.72. The van der Waals surface area contributed by atoms with Crippen molar-refractivity contribution in [3.05, 3.63) is 47.5 Å². The number of nitrogens with zero attached hydrogens (tertiary/aromatic N) is 1. The number of H-pyrrole nitrogens is 1. The van der Waals surface area contributed by atoms with Gasteiger partial charge in [0.25, 0.3) is 5.91 Å². The van der Waals surface area contributed by atoms with E-state index in [9.17, 15) is 4.79 Å². The molecule has 5 nitrogen and oxygen atoms in total. The number of rotatable bonds is 5. The van der Waals surface area contributed by atoms with Gasteiger partial charge in [0.1, 0.15) is 11.6 Å². The molecule has 0 radical (unpaired) electrons. The van der Waals surface area contributed by atoms with Crippen LogP contribution in [0.15, 0.2) is 30.6 Å². The van der Waals surface area contributed by atoms with Crippen molar-refractivity contribution < 1.29 is 9.53 Å². The number of hydrogen-bond donors (Lipinski definition) is 2. The van der Waals surface area contributed by atoms with E-state index in [-0.39, 0.29) is 12.5 Å². The third-order valence-electron chi connectivity index (χ3n) is 2.86. The minimum atomic E-state index is -0.172. The van der Waals surface area contributed by atoms with Gasteiger partial charge >= 0.3 is 0 Å². The fourth-order valence-electron chi connectivity index (χ4n) is 1.58. The molecule has 2 N–H and O–H groups in total. The van der Waals surface area contributed by atoms with E-state index in [4.69, 9.17) is 4.74 Å². The number of imidazole rings is 1. The van der Waals surface area contributed by atoms with Crippen LogP contribution in [0.25, 0.3) is 0 Å². The van der Waals surface area contributed by atoms with E-state index in [1.54, 1.807) is 12.4 Å². The van der Waals surface area contributed by atoms with Crippen molar-refractivity contribution in [2.45, 2.75) is 20.4 Å². The molecule has 0 unspecified atom stereocenters. The average molecular weight is 259 g/mol. The third-order valence-corrected chi connectivity index (χ3v) is 2.86. The quantitative estimate of drug-likeness (QED) is 0.859. The van der Waals surface area contributed by atoms with Crippen molar-refractivity contribution in [3.8, 4) is 5.75 Å². The van der Waals surface area contributed by atoms with Crippen LogP contribution >= 0.6 is 0 Å². The highest BCUT2D eigenvalue weighted by Gasteiger charge is 2.04. The maximum atomic E-state index is 11.6. The lowest BCUT2D eigenvalue weighted by molar-refractivity contribution is -0.123. The summed E-state index contributed by atoms with van der Waals surface area (Å²) in [5.74, 6) is 1.26. The first-order valence-electron chi connectivity index (χ1n) is 6.10. The fourth-order valence-corrected chi connectivity index (χ4v) is 1.58. The van der Waals surface area contributed by atoms with Crippen LogP contribution in [0.1, 0.15) is 17.0 Å². The Kier molecular flexibility index (Phi) is 4.18. The van der Waals surface area contributed by atoms with Crippen molar-refractivity contribution in [1.82, 2.24) is 15.3 Å². The summed E-state index contributed by atoms with van der Waals surface area (Å²) in [7, 11) is 0. The van der Waals surface area contributed by atoms with E-state index < -0.39 is 0 Å². The van der Waals surface area contributed by atoms with Crippen LogP contribution in [-0.4, -0.2) is 22.5 Å². The molecule has 2 aromatic rings. The molecule has 0 spiro atoms. The van der Waals surface area contributed by atoms with Gasteiger partial charge in [-0.2, -0.15) is 0 Å². The highest BCUT2D eigenvalue weighted by atomic mass is 16.5. The van der Waals surface area contributed by atoms with E-state index in [1.165, 1.54) is 5.56 Å². The molecular formula is C14H17N3O2. The lowest BCUT2D eigenvalue weighted by Gasteiger charge is -2.08. The highest BCUT2D eigenvalue weighted by Crippen LogP contribution is 2.16. The number of benzene rings is 1. The Bertz CT molecular complexity index is 550. The maximum absolute atomic E-state index is 11.6. The van der Waals surface area contributed by atoms with Gasteiger partial charge in [-0.1, -0.05) is 6.07 Å². The molecule has 2 rings (SSSR count). The number of aromatic amines is 1. The Morgan fingerprint density at radius 1 is 1.37 bits per heavy atom. The zero-order valence-corrected chi connectivity index (χ0v) is 11.1. The number of aromatic nitrogens is 2. The molecule has 0 aliphatic rings. The standard InChI is InChI=1S/C14H17N3O2/c1-10-3-4-12(7-11(10)2)19-9-14(18)17-8-13-15-5-6-16-13/h3-7H,8-9H2,1-2H3,(H,15,16)(H,17,18). The summed E-state index contributed by atoms with van der Waals surface area (Å²) in [4.78, 5) is 18.5. The largest absolute Gasteiger partial charge is 0.484 e. The molecule has 1 heterocycles. The predicted molar refractivity (Wildman–Crippen MR) is 71.8 cm³/mol. The fraction of sp³-hybridized carbons (Fsp3) is 0.286. The Balaban J connectivity index is 1.78. The van der Waals surface area contributed by atoms with E-state index >= 15 is 0 Å². The first-order valence-corrected chi connectivity index (χ1v) is 6.10. The number of carbonyl (C=O) groups is 1. The summed E-state index contributed by atoms with van der Waals surface area (Å²) in [5.41, 5.74) is 2.35. The molecule has 1 aromatic heterocycles. The van der Waals surface area contributed by atoms with Crippen molar-refractivity contribution >= 4 is 5.91 Å². The van der Waals surface area contributed by atoms with Crippen molar-refractivity contribution in [2.75, 3.05) is 6.61 Å². The smallest absolute Gasteiger partial charge is 0.258 e. The van der Waals surface area contributed by atoms with E-state index in [0.717, 1.165) is 11.4 Å². The maximum Gasteiger partial charge on any atom is 0.258 e. The van der Waals surface area contributed by atoms with Gasteiger partial charge < -0.3 is 15.0 Å². The summed E-state index contributed by atoms with van der Waals surface area (Å²) < 4.78 is 5.43. The number of nitrogens with one attached hydrogen (secondary N) is 2. The number of aryl methyl sites for hydroxylation is 2. The minimum Gasteiger partial charge on any atom is -0.484 e. The molecule has 1 amide bonds. The van der Waals surface area contributed by atoms with Gasteiger partial charge in [0.2, 0.25) is 0 Å². The molecule has 1 aromatic carbocycles. The van der Waals surface area contributed by atoms with Gasteiger partial charge in [-0.25, -0.2) is 4.98 Å². The minimum absolute atomic E-state index is 0.00318. The summed E-state index contributed by atoms with van der Waals surface area (Å²) >= 11 is 0. The SMILES string of the molecule is Cc1ccc(OCC(=O)NCc2ncc[nH]2)cc1C. The summed E-state index contributed by atoms with van der Waals surface area (Å²) in [6, 6.07) is 5.77. The zero-order chi connectivity index (χ0) is 13.7. The van der Waals surface area contributed by atoms with Crippen LogP contribution in [0.5, 0.6) is 5.75 Å². The monoisotopic (exact) mass is 259 g/mol. The van der Waals surface area contributed by atoms with Crippen LogP contribution in [0.3, 0.4) is 0 Å². The van der Waals surface area contributed by atoms with Gasteiger partial charge in [0.05, 0.1) is 6.54 Å². The number of amides is 1. The molecule has 19 heavy (non-hydrogen) atoms. The topological polar surface area (TPSA) is 67.0 Å². The molecule has 0 fully saturated rings. The average Bonchev–Trinajstić information content (AvgIpc) is 2.91. The van der Waals surface area contributed by atoms with Gasteiger partial charge in [-0.15, -0.1) is 0 Å². The molecule has 0 aliphatic heterocycles. The van der Waals surface area contributed by atoms with Crippen LogP contribution in [0.2, 0.25) is 0 Å². The van der Waals surface area contributed by atoms with Crippen LogP contribution in [-0.2, 0) is 11.3 Å². The first kappa shape index (κ1) is 13.1. The van der Waals surface area contributed by atoms with E-state index in [2.05, 4.69) is 15.3 Å².